The summed E-state index contributed by atoms with van der Waals surface area (Å²) in [5.41, 5.74) is 1.74. The van der Waals surface area contributed by atoms with Gasteiger partial charge in [-0.3, -0.25) is 14.3 Å². The Morgan fingerprint density at radius 2 is 1.92 bits per heavy atom. The van der Waals surface area contributed by atoms with Crippen molar-refractivity contribution in [2.24, 2.45) is 5.41 Å². The summed E-state index contributed by atoms with van der Waals surface area (Å²) in [6.45, 7) is 3.71. The van der Waals surface area contributed by atoms with E-state index in [1.54, 1.807) is 23.0 Å². The van der Waals surface area contributed by atoms with Crippen molar-refractivity contribution in [3.05, 3.63) is 66.5 Å². The van der Waals surface area contributed by atoms with Gasteiger partial charge in [0.25, 0.3) is 5.91 Å². The van der Waals surface area contributed by atoms with Gasteiger partial charge in [-0.1, -0.05) is 29.8 Å². The summed E-state index contributed by atoms with van der Waals surface area (Å²) in [6.07, 6.45) is 5.75. The molecule has 1 N–H and O–H groups in total. The molecule has 2 fully saturated rings. The molecule has 0 bridgehead atoms. The van der Waals surface area contributed by atoms with Gasteiger partial charge in [0.05, 0.1) is 11.9 Å². The second-order valence-electron chi connectivity index (χ2n) is 10.2. The van der Waals surface area contributed by atoms with Crippen LogP contribution >= 0.6 is 0 Å². The van der Waals surface area contributed by atoms with Crippen LogP contribution in [0.25, 0.3) is 0 Å². The minimum Gasteiger partial charge on any atom is -0.490 e. The fourth-order valence-electron chi connectivity index (χ4n) is 5.45. The number of amides is 2. The Morgan fingerprint density at radius 3 is 2.73 bits per heavy atom. The normalized spacial score (nSPS) is 21.4. The fourth-order valence-corrected chi connectivity index (χ4v) is 5.45. The lowest BCUT2D eigenvalue weighted by atomic mass is 9.76. The highest BCUT2D eigenvalue weighted by molar-refractivity contribution is 5.94. The maximum Gasteiger partial charge on any atom is 0.269 e. The fraction of sp³-hybridized carbons (Fsp3) is 0.393. The van der Waals surface area contributed by atoms with E-state index in [9.17, 15) is 9.59 Å². The SMILES string of the molecule is Cc1ccc(OC2CCCC23CN(C(=O)Cn2cc(NC(=O)C4COc5ccccc5O4)cn2)C3)cc1. The summed E-state index contributed by atoms with van der Waals surface area (Å²) in [5.74, 6) is 1.73. The number of rotatable bonds is 6. The number of benzene rings is 2. The zero-order valence-corrected chi connectivity index (χ0v) is 20.8. The van der Waals surface area contributed by atoms with Crippen LogP contribution in [0.4, 0.5) is 5.69 Å². The first-order valence-corrected chi connectivity index (χ1v) is 12.7. The van der Waals surface area contributed by atoms with Crippen molar-refractivity contribution in [1.82, 2.24) is 14.7 Å². The molecule has 3 heterocycles. The van der Waals surface area contributed by atoms with Gasteiger partial charge in [0.1, 0.15) is 25.0 Å². The number of anilines is 1. The van der Waals surface area contributed by atoms with E-state index in [4.69, 9.17) is 14.2 Å². The van der Waals surface area contributed by atoms with E-state index in [0.29, 0.717) is 30.3 Å². The van der Waals surface area contributed by atoms with Crippen LogP contribution in [-0.2, 0) is 16.1 Å². The highest BCUT2D eigenvalue weighted by Gasteiger charge is 2.54. The van der Waals surface area contributed by atoms with Gasteiger partial charge in [0.2, 0.25) is 12.0 Å². The van der Waals surface area contributed by atoms with Gasteiger partial charge in [-0.2, -0.15) is 5.10 Å². The molecule has 1 saturated carbocycles. The third-order valence-electron chi connectivity index (χ3n) is 7.49. The third-order valence-corrected chi connectivity index (χ3v) is 7.49. The molecule has 2 aliphatic heterocycles. The number of ether oxygens (including phenoxy) is 3. The van der Waals surface area contributed by atoms with Crippen LogP contribution in [0, 0.1) is 12.3 Å². The second kappa shape index (κ2) is 9.46. The maximum absolute atomic E-state index is 12.9. The number of carbonyl (C=O) groups excluding carboxylic acids is 2. The predicted octanol–water partition coefficient (Wildman–Crippen LogP) is 3.43. The number of carbonyl (C=O) groups is 2. The van der Waals surface area contributed by atoms with Crippen molar-refractivity contribution in [1.29, 1.82) is 0 Å². The van der Waals surface area contributed by atoms with Crippen molar-refractivity contribution in [3.8, 4) is 17.2 Å². The lowest BCUT2D eigenvalue weighted by molar-refractivity contribution is -0.149. The van der Waals surface area contributed by atoms with Gasteiger partial charge in [-0.25, -0.2) is 0 Å². The summed E-state index contributed by atoms with van der Waals surface area (Å²) in [4.78, 5) is 27.5. The van der Waals surface area contributed by atoms with E-state index in [1.807, 2.05) is 29.2 Å². The van der Waals surface area contributed by atoms with Crippen LogP contribution < -0.4 is 19.5 Å². The first kappa shape index (κ1) is 23.4. The zero-order chi connectivity index (χ0) is 25.4. The first-order chi connectivity index (χ1) is 18.0. The van der Waals surface area contributed by atoms with Gasteiger partial charge in [-0.15, -0.1) is 0 Å². The minimum absolute atomic E-state index is 0.00760. The van der Waals surface area contributed by atoms with Crippen LogP contribution in [0.2, 0.25) is 0 Å². The number of likely N-dealkylation sites (tertiary alicyclic amines) is 1. The topological polar surface area (TPSA) is 94.9 Å². The molecular weight excluding hydrogens is 472 g/mol. The van der Waals surface area contributed by atoms with Crippen molar-refractivity contribution in [2.45, 2.75) is 44.9 Å². The van der Waals surface area contributed by atoms with Gasteiger partial charge in [0, 0.05) is 24.7 Å². The molecule has 2 aromatic carbocycles. The number of nitrogens with zero attached hydrogens (tertiary/aromatic N) is 3. The number of aromatic nitrogens is 2. The molecule has 1 aromatic heterocycles. The largest absolute Gasteiger partial charge is 0.490 e. The lowest BCUT2D eigenvalue weighted by Gasteiger charge is -2.51. The maximum atomic E-state index is 12.9. The zero-order valence-electron chi connectivity index (χ0n) is 20.8. The van der Waals surface area contributed by atoms with Crippen LogP contribution in [-0.4, -0.2) is 58.4 Å². The lowest BCUT2D eigenvalue weighted by Crippen LogP contribution is -2.63. The molecule has 192 valence electrons. The summed E-state index contributed by atoms with van der Waals surface area (Å²) >= 11 is 0. The Hall–Kier alpha value is -4.01. The molecule has 1 spiro atoms. The Kier molecular flexibility index (Phi) is 5.98. The summed E-state index contributed by atoms with van der Waals surface area (Å²) in [6, 6.07) is 15.4. The molecule has 6 rings (SSSR count). The van der Waals surface area contributed by atoms with Crippen molar-refractivity contribution in [2.75, 3.05) is 25.0 Å². The Labute approximate surface area is 215 Å². The Bertz CT molecular complexity index is 1300. The molecule has 3 aliphatic rings. The molecule has 3 aromatic rings. The van der Waals surface area contributed by atoms with Crippen molar-refractivity contribution < 1.29 is 23.8 Å². The van der Waals surface area contributed by atoms with Gasteiger partial charge in [-0.05, 0) is 50.5 Å². The van der Waals surface area contributed by atoms with E-state index >= 15 is 0 Å². The monoisotopic (exact) mass is 502 g/mol. The van der Waals surface area contributed by atoms with Crippen molar-refractivity contribution in [3.63, 3.8) is 0 Å². The minimum atomic E-state index is -0.765. The van der Waals surface area contributed by atoms with E-state index in [-0.39, 0.29) is 36.5 Å². The summed E-state index contributed by atoms with van der Waals surface area (Å²) < 4.78 is 19.2. The van der Waals surface area contributed by atoms with Crippen LogP contribution in [0.1, 0.15) is 24.8 Å². The van der Waals surface area contributed by atoms with E-state index < -0.39 is 6.10 Å². The number of hydrogen-bond acceptors (Lipinski definition) is 6. The van der Waals surface area contributed by atoms with Crippen LogP contribution in [0.3, 0.4) is 0 Å². The molecule has 37 heavy (non-hydrogen) atoms. The average molecular weight is 503 g/mol. The highest BCUT2D eigenvalue weighted by Crippen LogP contribution is 2.47. The number of nitrogens with one attached hydrogen (secondary N) is 1. The number of para-hydroxylation sites is 2. The molecule has 1 aliphatic carbocycles. The van der Waals surface area contributed by atoms with E-state index in [1.165, 1.54) is 11.8 Å². The average Bonchev–Trinajstić information content (AvgIpc) is 3.50. The Morgan fingerprint density at radius 1 is 1.14 bits per heavy atom. The van der Waals surface area contributed by atoms with E-state index in [2.05, 4.69) is 29.5 Å². The third kappa shape index (κ3) is 4.73. The number of fused-ring (bicyclic) bond motifs is 1. The predicted molar refractivity (Wildman–Crippen MR) is 136 cm³/mol. The number of hydrogen-bond donors (Lipinski definition) is 1. The molecule has 0 radical (unpaired) electrons. The molecule has 2 atom stereocenters. The van der Waals surface area contributed by atoms with E-state index in [0.717, 1.165) is 25.0 Å². The molecule has 9 nitrogen and oxygen atoms in total. The molecule has 9 heteroatoms. The molecule has 1 saturated heterocycles. The highest BCUT2D eigenvalue weighted by atomic mass is 16.6. The second-order valence-corrected chi connectivity index (χ2v) is 10.2. The van der Waals surface area contributed by atoms with Gasteiger partial charge in [0.15, 0.2) is 11.5 Å². The molecular formula is C28H30N4O5. The molecule has 2 unspecified atom stereocenters. The first-order valence-electron chi connectivity index (χ1n) is 12.7. The van der Waals surface area contributed by atoms with Crippen LogP contribution in [0.15, 0.2) is 60.9 Å². The van der Waals surface area contributed by atoms with Crippen molar-refractivity contribution >= 4 is 17.5 Å². The molecule has 2 amide bonds. The Balaban J connectivity index is 1.00. The summed E-state index contributed by atoms with van der Waals surface area (Å²) in [5, 5.41) is 7.05. The van der Waals surface area contributed by atoms with Gasteiger partial charge < -0.3 is 24.4 Å². The van der Waals surface area contributed by atoms with Crippen LogP contribution in [0.5, 0.6) is 17.2 Å². The quantitative estimate of drug-likeness (QED) is 0.555. The standard InChI is InChI=1S/C28H30N4O5/c1-19-8-10-21(11-9-19)36-25-7-4-12-28(25)17-31(18-28)26(33)15-32-14-20(13-29-32)30-27(34)24-16-35-22-5-2-3-6-23(22)37-24/h2-3,5-6,8-11,13-14,24-25H,4,7,12,15-18H2,1H3,(H,30,34). The number of aryl methyl sites for hydroxylation is 1. The smallest absolute Gasteiger partial charge is 0.269 e. The summed E-state index contributed by atoms with van der Waals surface area (Å²) in [7, 11) is 0. The van der Waals surface area contributed by atoms with Gasteiger partial charge >= 0.3 is 0 Å².